The fourth-order valence-electron chi connectivity index (χ4n) is 4.86. The number of aryl methyl sites for hydroxylation is 1. The molecule has 0 spiro atoms. The number of para-hydroxylation sites is 1. The smallest absolute Gasteiger partial charge is 0.256 e. The molecule has 0 aliphatic rings. The van der Waals surface area contributed by atoms with Crippen molar-refractivity contribution in [1.29, 1.82) is 0 Å². The molecule has 0 radical (unpaired) electrons. The molecule has 2 N–H and O–H groups in total. The first-order valence-electron chi connectivity index (χ1n) is 14.5. The minimum atomic E-state index is -0.857. The molecule has 2 heterocycles. The zero-order valence-electron chi connectivity index (χ0n) is 25.1. The van der Waals surface area contributed by atoms with Crippen LogP contribution in [0.1, 0.15) is 45.2 Å². The number of nitrogens with one attached hydrogen (secondary N) is 2. The first-order chi connectivity index (χ1) is 20.1. The van der Waals surface area contributed by atoms with Gasteiger partial charge in [0.15, 0.2) is 5.65 Å². The standard InChI is InChI=1S/C33H40F2N6O/c1-7-40(8-2)18-10-17-36-33-38-30(26-19-24(14-13-22(26)5)23(6)37-20-21(3)4)25-15-16-29(42)41(32(25)39-33)31-27(34)11-9-12-28(31)35/h9,11-16,19,21,37H,6-8,10,17-18,20H2,1-5H3,(H,36,38,39). The molecule has 42 heavy (non-hydrogen) atoms. The summed E-state index contributed by atoms with van der Waals surface area (Å²) in [6, 6.07) is 12.4. The lowest BCUT2D eigenvalue weighted by Crippen LogP contribution is -2.25. The SMILES string of the molecule is C=C(NCC(C)C)c1ccc(C)c(-c2nc(NCCCN(CC)CC)nc3c2ccc(=O)n3-c2c(F)cccc2F)c1. The number of pyridine rings is 1. The van der Waals surface area contributed by atoms with E-state index in [0.717, 1.165) is 71.7 Å². The third kappa shape index (κ3) is 6.85. The number of halogens is 2. The van der Waals surface area contributed by atoms with Crippen LogP contribution in [-0.2, 0) is 0 Å². The summed E-state index contributed by atoms with van der Waals surface area (Å²) in [4.78, 5) is 25.0. The van der Waals surface area contributed by atoms with E-state index < -0.39 is 22.9 Å². The quantitative estimate of drug-likeness (QED) is 0.180. The Labute approximate surface area is 246 Å². The maximum Gasteiger partial charge on any atom is 0.256 e. The van der Waals surface area contributed by atoms with Crippen molar-refractivity contribution in [3.63, 3.8) is 0 Å². The lowest BCUT2D eigenvalue weighted by atomic mass is 9.98. The predicted molar refractivity (Wildman–Crippen MR) is 168 cm³/mol. The van der Waals surface area contributed by atoms with Gasteiger partial charge in [-0.25, -0.2) is 13.8 Å². The van der Waals surface area contributed by atoms with E-state index in [-0.39, 0.29) is 11.6 Å². The maximum absolute atomic E-state index is 15.0. The van der Waals surface area contributed by atoms with Crippen molar-refractivity contribution in [3.05, 3.63) is 88.2 Å². The second-order valence-corrected chi connectivity index (χ2v) is 10.8. The van der Waals surface area contributed by atoms with Crippen LogP contribution in [0.3, 0.4) is 0 Å². The van der Waals surface area contributed by atoms with Gasteiger partial charge in [0.05, 0.1) is 5.69 Å². The van der Waals surface area contributed by atoms with Crippen molar-refractivity contribution >= 4 is 22.7 Å². The highest BCUT2D eigenvalue weighted by molar-refractivity contribution is 5.93. The highest BCUT2D eigenvalue weighted by Gasteiger charge is 2.20. The van der Waals surface area contributed by atoms with Crippen molar-refractivity contribution in [1.82, 2.24) is 24.8 Å². The molecule has 0 atom stereocenters. The number of hydrogen-bond acceptors (Lipinski definition) is 6. The molecule has 0 bridgehead atoms. The number of benzene rings is 2. The average molecular weight is 575 g/mol. The summed E-state index contributed by atoms with van der Waals surface area (Å²) >= 11 is 0. The Balaban J connectivity index is 1.89. The number of anilines is 1. The summed E-state index contributed by atoms with van der Waals surface area (Å²) < 4.78 is 31.0. The summed E-state index contributed by atoms with van der Waals surface area (Å²) in [5.74, 6) is -0.994. The molecule has 4 rings (SSSR count). The van der Waals surface area contributed by atoms with Crippen LogP contribution in [0.25, 0.3) is 33.7 Å². The van der Waals surface area contributed by atoms with Crippen LogP contribution in [0.15, 0.2) is 59.9 Å². The van der Waals surface area contributed by atoms with Crippen molar-refractivity contribution in [3.8, 4) is 16.9 Å². The van der Waals surface area contributed by atoms with Gasteiger partial charge in [-0.15, -0.1) is 0 Å². The van der Waals surface area contributed by atoms with Gasteiger partial charge in [-0.2, -0.15) is 4.98 Å². The van der Waals surface area contributed by atoms with Crippen LogP contribution in [0.5, 0.6) is 0 Å². The van der Waals surface area contributed by atoms with E-state index in [2.05, 4.69) is 54.8 Å². The van der Waals surface area contributed by atoms with Crippen LogP contribution >= 0.6 is 0 Å². The Morgan fingerprint density at radius 2 is 1.76 bits per heavy atom. The molecule has 0 aliphatic heterocycles. The first-order valence-corrected chi connectivity index (χ1v) is 14.5. The van der Waals surface area contributed by atoms with Crippen LogP contribution in [0.2, 0.25) is 0 Å². The first kappa shape index (κ1) is 30.8. The summed E-state index contributed by atoms with van der Waals surface area (Å²) in [6.07, 6.45) is 0.845. The zero-order valence-corrected chi connectivity index (χ0v) is 25.1. The normalized spacial score (nSPS) is 11.5. The van der Waals surface area contributed by atoms with E-state index in [4.69, 9.17) is 4.98 Å². The van der Waals surface area contributed by atoms with Gasteiger partial charge >= 0.3 is 0 Å². The summed E-state index contributed by atoms with van der Waals surface area (Å²) in [6.45, 7) is 18.9. The minimum Gasteiger partial charge on any atom is -0.385 e. The molecule has 2 aromatic carbocycles. The Bertz CT molecular complexity index is 1610. The molecule has 7 nitrogen and oxygen atoms in total. The number of aromatic nitrogens is 3. The molecule has 0 amide bonds. The molecule has 0 unspecified atom stereocenters. The van der Waals surface area contributed by atoms with Gasteiger partial charge in [0.1, 0.15) is 17.3 Å². The summed E-state index contributed by atoms with van der Waals surface area (Å²) in [5, 5.41) is 7.15. The van der Waals surface area contributed by atoms with Gasteiger partial charge in [-0.3, -0.25) is 9.36 Å². The second-order valence-electron chi connectivity index (χ2n) is 10.8. The van der Waals surface area contributed by atoms with Gasteiger partial charge in [0.2, 0.25) is 5.95 Å². The van der Waals surface area contributed by atoms with Crippen molar-refractivity contribution < 1.29 is 8.78 Å². The van der Waals surface area contributed by atoms with Gasteiger partial charge < -0.3 is 15.5 Å². The van der Waals surface area contributed by atoms with Crippen molar-refractivity contribution in [2.45, 2.75) is 41.0 Å². The van der Waals surface area contributed by atoms with Gasteiger partial charge in [-0.05, 0) is 74.3 Å². The highest BCUT2D eigenvalue weighted by Crippen LogP contribution is 2.32. The summed E-state index contributed by atoms with van der Waals surface area (Å²) in [5.41, 5.74) is 3.02. The number of fused-ring (bicyclic) bond motifs is 1. The number of hydrogen-bond donors (Lipinski definition) is 2. The number of nitrogens with zero attached hydrogens (tertiary/aromatic N) is 4. The zero-order chi connectivity index (χ0) is 30.4. The van der Waals surface area contributed by atoms with Crippen LogP contribution in [-0.4, -0.2) is 52.2 Å². The monoisotopic (exact) mass is 574 g/mol. The number of rotatable bonds is 13. The average Bonchev–Trinajstić information content (AvgIpc) is 2.96. The topological polar surface area (TPSA) is 75.1 Å². The van der Waals surface area contributed by atoms with Gasteiger partial charge in [-0.1, -0.05) is 52.5 Å². The minimum absolute atomic E-state index is 0.115. The molecular weight excluding hydrogens is 534 g/mol. The Morgan fingerprint density at radius 3 is 2.43 bits per heavy atom. The largest absolute Gasteiger partial charge is 0.385 e. The lowest BCUT2D eigenvalue weighted by molar-refractivity contribution is 0.303. The molecule has 9 heteroatoms. The summed E-state index contributed by atoms with van der Waals surface area (Å²) in [7, 11) is 0. The van der Waals surface area contributed by atoms with Crippen molar-refractivity contribution in [2.75, 3.05) is 38.0 Å². The Morgan fingerprint density at radius 1 is 1.05 bits per heavy atom. The van der Waals surface area contributed by atoms with E-state index >= 15 is 8.78 Å². The molecule has 0 saturated heterocycles. The van der Waals surface area contributed by atoms with Crippen LogP contribution < -0.4 is 16.2 Å². The molecule has 2 aromatic heterocycles. The van der Waals surface area contributed by atoms with E-state index in [1.54, 1.807) is 6.07 Å². The van der Waals surface area contributed by atoms with E-state index in [9.17, 15) is 4.79 Å². The third-order valence-electron chi connectivity index (χ3n) is 7.30. The molecular formula is C33H40F2N6O. The predicted octanol–water partition coefficient (Wildman–Crippen LogP) is 6.39. The maximum atomic E-state index is 15.0. The van der Waals surface area contributed by atoms with E-state index in [0.29, 0.717) is 23.5 Å². The molecule has 222 valence electrons. The van der Waals surface area contributed by atoms with Crippen LogP contribution in [0.4, 0.5) is 14.7 Å². The second kappa shape index (κ2) is 13.7. The van der Waals surface area contributed by atoms with Gasteiger partial charge in [0.25, 0.3) is 5.56 Å². The fraction of sp³-hybridized carbons (Fsp3) is 0.364. The van der Waals surface area contributed by atoms with E-state index in [1.165, 1.54) is 12.1 Å². The third-order valence-corrected chi connectivity index (χ3v) is 7.30. The molecule has 4 aromatic rings. The Hall–Kier alpha value is -4.11. The molecule has 0 aliphatic carbocycles. The Kier molecular flexibility index (Phi) is 10.1. The van der Waals surface area contributed by atoms with E-state index in [1.807, 2.05) is 25.1 Å². The van der Waals surface area contributed by atoms with Gasteiger partial charge in [0, 0.05) is 35.8 Å². The highest BCUT2D eigenvalue weighted by atomic mass is 19.1. The molecule has 0 fully saturated rings. The van der Waals surface area contributed by atoms with Crippen molar-refractivity contribution in [2.24, 2.45) is 5.92 Å². The fourth-order valence-corrected chi connectivity index (χ4v) is 4.86. The lowest BCUT2D eigenvalue weighted by Gasteiger charge is -2.19. The van der Waals surface area contributed by atoms with Crippen LogP contribution in [0, 0.1) is 24.5 Å². The molecule has 0 saturated carbocycles.